The number of rotatable bonds is 0. The van der Waals surface area contributed by atoms with Crippen LogP contribution in [0.25, 0.3) is 0 Å². The van der Waals surface area contributed by atoms with Gasteiger partial charge in [0.2, 0.25) is 0 Å². The summed E-state index contributed by atoms with van der Waals surface area (Å²) in [6.07, 6.45) is 0. The first-order valence-corrected chi connectivity index (χ1v) is 4.39. The lowest BCUT2D eigenvalue weighted by Gasteiger charge is -2.11. The third kappa shape index (κ3) is 1.60. The van der Waals surface area contributed by atoms with Gasteiger partial charge in [0.15, 0.2) is 11.5 Å². The Labute approximate surface area is 77.6 Å². The number of hydrogen-bond acceptors (Lipinski definition) is 3. The van der Waals surface area contributed by atoms with Gasteiger partial charge < -0.3 is 9.84 Å². The molecule has 0 fully saturated rings. The Bertz CT molecular complexity index is 312. The number of phenols is 1. The van der Waals surface area contributed by atoms with E-state index in [4.69, 9.17) is 4.74 Å². The van der Waals surface area contributed by atoms with Gasteiger partial charge in [-0.3, -0.25) is 4.90 Å². The number of fused-ring (bicyclic) bond motifs is 1. The molecule has 70 valence electrons. The topological polar surface area (TPSA) is 32.7 Å². The summed E-state index contributed by atoms with van der Waals surface area (Å²) in [6, 6.07) is 5.48. The van der Waals surface area contributed by atoms with E-state index in [2.05, 4.69) is 4.90 Å². The lowest BCUT2D eigenvalue weighted by molar-refractivity contribution is 0.253. The van der Waals surface area contributed by atoms with Crippen molar-refractivity contribution < 1.29 is 9.84 Å². The molecule has 2 rings (SSSR count). The van der Waals surface area contributed by atoms with Crippen LogP contribution in [0.4, 0.5) is 0 Å². The van der Waals surface area contributed by atoms with Crippen LogP contribution < -0.4 is 4.74 Å². The van der Waals surface area contributed by atoms with Gasteiger partial charge in [0.1, 0.15) is 6.61 Å². The van der Waals surface area contributed by atoms with E-state index in [-0.39, 0.29) is 5.75 Å². The molecule has 1 aromatic carbocycles. The Hall–Kier alpha value is -1.22. The second-order valence-electron chi connectivity index (χ2n) is 3.35. The molecule has 0 unspecified atom stereocenters. The van der Waals surface area contributed by atoms with Gasteiger partial charge in [-0.25, -0.2) is 0 Å². The highest BCUT2D eigenvalue weighted by Crippen LogP contribution is 2.31. The van der Waals surface area contributed by atoms with Crippen LogP contribution in [-0.2, 0) is 6.54 Å². The summed E-state index contributed by atoms with van der Waals surface area (Å²) >= 11 is 0. The van der Waals surface area contributed by atoms with Crippen LogP contribution in [0.15, 0.2) is 18.2 Å². The third-order valence-corrected chi connectivity index (χ3v) is 2.24. The van der Waals surface area contributed by atoms with E-state index in [0.717, 1.165) is 18.7 Å². The molecule has 0 atom stereocenters. The van der Waals surface area contributed by atoms with Gasteiger partial charge in [0.25, 0.3) is 0 Å². The first-order valence-electron chi connectivity index (χ1n) is 4.39. The fraction of sp³-hybridized carbons (Fsp3) is 0.400. The highest BCUT2D eigenvalue weighted by atomic mass is 16.5. The molecule has 3 heteroatoms. The molecule has 0 bridgehead atoms. The molecule has 0 aliphatic carbocycles. The molecule has 1 aliphatic rings. The number of ether oxygens (including phenoxy) is 1. The van der Waals surface area contributed by atoms with Crippen molar-refractivity contribution in [3.63, 3.8) is 0 Å². The van der Waals surface area contributed by atoms with E-state index < -0.39 is 0 Å². The fourth-order valence-corrected chi connectivity index (χ4v) is 1.54. The van der Waals surface area contributed by atoms with Gasteiger partial charge in [-0.15, -0.1) is 0 Å². The molecule has 0 aromatic heterocycles. The summed E-state index contributed by atoms with van der Waals surface area (Å²) in [7, 11) is 2.04. The maximum Gasteiger partial charge on any atom is 0.165 e. The number of phenolic OH excluding ortho intramolecular Hbond substituents is 1. The second-order valence-corrected chi connectivity index (χ2v) is 3.35. The summed E-state index contributed by atoms with van der Waals surface area (Å²) in [5.41, 5.74) is 1.06. The van der Waals surface area contributed by atoms with E-state index in [9.17, 15) is 5.11 Å². The molecule has 1 heterocycles. The Balaban J connectivity index is 2.39. The lowest BCUT2D eigenvalue weighted by Crippen LogP contribution is -2.20. The van der Waals surface area contributed by atoms with Gasteiger partial charge in [-0.2, -0.15) is 0 Å². The van der Waals surface area contributed by atoms with E-state index in [1.54, 1.807) is 6.07 Å². The summed E-state index contributed by atoms with van der Waals surface area (Å²) in [6.45, 7) is 2.37. The Morgan fingerprint density at radius 2 is 2.31 bits per heavy atom. The van der Waals surface area contributed by atoms with E-state index in [1.165, 1.54) is 0 Å². The molecule has 0 saturated carbocycles. The van der Waals surface area contributed by atoms with Gasteiger partial charge in [0, 0.05) is 18.7 Å². The van der Waals surface area contributed by atoms with Crippen molar-refractivity contribution >= 4 is 0 Å². The van der Waals surface area contributed by atoms with Crippen molar-refractivity contribution in [1.29, 1.82) is 0 Å². The first kappa shape index (κ1) is 8.38. The number of para-hydroxylation sites is 1. The Morgan fingerprint density at radius 1 is 1.46 bits per heavy atom. The van der Waals surface area contributed by atoms with E-state index in [0.29, 0.717) is 12.4 Å². The van der Waals surface area contributed by atoms with Crippen LogP contribution in [0.2, 0.25) is 0 Å². The summed E-state index contributed by atoms with van der Waals surface area (Å²) in [4.78, 5) is 2.17. The third-order valence-electron chi connectivity index (χ3n) is 2.24. The van der Waals surface area contributed by atoms with Crippen molar-refractivity contribution in [2.24, 2.45) is 0 Å². The van der Waals surface area contributed by atoms with Crippen LogP contribution in [-0.4, -0.2) is 30.2 Å². The van der Waals surface area contributed by atoms with Crippen molar-refractivity contribution in [3.8, 4) is 11.5 Å². The summed E-state index contributed by atoms with van der Waals surface area (Å²) < 4.78 is 5.46. The van der Waals surface area contributed by atoms with E-state index >= 15 is 0 Å². The molecule has 0 amide bonds. The molecule has 1 N–H and O–H groups in total. The lowest BCUT2D eigenvalue weighted by atomic mass is 10.2. The average Bonchev–Trinajstić information content (AvgIpc) is 2.27. The highest BCUT2D eigenvalue weighted by molar-refractivity contribution is 5.45. The summed E-state index contributed by atoms with van der Waals surface area (Å²) in [5.74, 6) is 0.889. The quantitative estimate of drug-likeness (QED) is 0.650. The Kier molecular flexibility index (Phi) is 2.10. The predicted octanol–water partition coefficient (Wildman–Crippen LogP) is 1.22. The van der Waals surface area contributed by atoms with Crippen molar-refractivity contribution in [3.05, 3.63) is 23.8 Å². The van der Waals surface area contributed by atoms with Crippen molar-refractivity contribution in [2.75, 3.05) is 20.2 Å². The average molecular weight is 179 g/mol. The number of aromatic hydroxyl groups is 1. The number of hydrogen-bond donors (Lipinski definition) is 1. The fourth-order valence-electron chi connectivity index (χ4n) is 1.54. The number of nitrogens with zero attached hydrogens (tertiary/aromatic N) is 1. The van der Waals surface area contributed by atoms with Crippen LogP contribution >= 0.6 is 0 Å². The zero-order valence-electron chi connectivity index (χ0n) is 7.66. The van der Waals surface area contributed by atoms with E-state index in [1.807, 2.05) is 19.2 Å². The molecule has 3 nitrogen and oxygen atoms in total. The SMILES string of the molecule is CN1CCOc2c(O)cccc2C1. The van der Waals surface area contributed by atoms with Crippen LogP contribution in [0.1, 0.15) is 5.56 Å². The molecule has 1 aliphatic heterocycles. The van der Waals surface area contributed by atoms with Gasteiger partial charge in [0.05, 0.1) is 0 Å². The molecule has 1 aromatic rings. The van der Waals surface area contributed by atoms with Gasteiger partial charge in [-0.1, -0.05) is 12.1 Å². The zero-order chi connectivity index (χ0) is 9.26. The van der Waals surface area contributed by atoms with Crippen LogP contribution in [0, 0.1) is 0 Å². The minimum Gasteiger partial charge on any atom is -0.504 e. The molecular formula is C10H13NO2. The van der Waals surface area contributed by atoms with Crippen LogP contribution in [0.5, 0.6) is 11.5 Å². The summed E-state index contributed by atoms with van der Waals surface area (Å²) in [5, 5.41) is 9.52. The maximum atomic E-state index is 9.52. The number of likely N-dealkylation sites (N-methyl/N-ethyl adjacent to an activating group) is 1. The standard InChI is InChI=1S/C10H13NO2/c1-11-5-6-13-10-8(7-11)3-2-4-9(10)12/h2-4,12H,5-7H2,1H3. The normalized spacial score (nSPS) is 17.3. The second kappa shape index (κ2) is 3.26. The van der Waals surface area contributed by atoms with Gasteiger partial charge in [-0.05, 0) is 13.1 Å². The predicted molar refractivity (Wildman–Crippen MR) is 49.9 cm³/mol. The minimum atomic E-state index is 0.243. The molecular weight excluding hydrogens is 166 g/mol. The first-order chi connectivity index (χ1) is 6.27. The van der Waals surface area contributed by atoms with Crippen LogP contribution in [0.3, 0.4) is 0 Å². The van der Waals surface area contributed by atoms with Gasteiger partial charge >= 0.3 is 0 Å². The minimum absolute atomic E-state index is 0.243. The smallest absolute Gasteiger partial charge is 0.165 e. The molecule has 0 spiro atoms. The monoisotopic (exact) mass is 179 g/mol. The molecule has 13 heavy (non-hydrogen) atoms. The maximum absolute atomic E-state index is 9.52. The Morgan fingerprint density at radius 3 is 3.15 bits per heavy atom. The highest BCUT2D eigenvalue weighted by Gasteiger charge is 2.14. The molecule has 0 saturated heterocycles. The zero-order valence-corrected chi connectivity index (χ0v) is 7.66. The number of benzene rings is 1. The van der Waals surface area contributed by atoms with Crippen molar-refractivity contribution in [1.82, 2.24) is 4.90 Å². The van der Waals surface area contributed by atoms with Crippen molar-refractivity contribution in [2.45, 2.75) is 6.54 Å². The molecule has 0 radical (unpaired) electrons. The largest absolute Gasteiger partial charge is 0.504 e.